The lowest BCUT2D eigenvalue weighted by molar-refractivity contribution is 0.595. The van der Waals surface area contributed by atoms with Crippen LogP contribution in [0.1, 0.15) is 17.2 Å². The number of hydrogen-bond donors (Lipinski definition) is 1. The second-order valence-corrected chi connectivity index (χ2v) is 3.96. The van der Waals surface area contributed by atoms with Crippen molar-refractivity contribution in [2.75, 3.05) is 5.32 Å². The minimum atomic E-state index is -0.152. The van der Waals surface area contributed by atoms with E-state index in [0.29, 0.717) is 0 Å². The molecule has 1 aliphatic heterocycles. The Hall–Kier alpha value is -1.90. The molecule has 3 heteroatoms. The Kier molecular flexibility index (Phi) is 2.10. The third-order valence-corrected chi connectivity index (χ3v) is 2.95. The molecule has 1 aliphatic rings. The zero-order chi connectivity index (χ0) is 11.0. The lowest BCUT2D eigenvalue weighted by atomic mass is 10.0. The van der Waals surface area contributed by atoms with Gasteiger partial charge in [-0.25, -0.2) is 4.39 Å². The molecule has 80 valence electrons. The largest absolute Gasteiger partial charge is 0.376 e. The lowest BCUT2D eigenvalue weighted by Crippen LogP contribution is -2.07. The smallest absolute Gasteiger partial charge is 0.128 e. The van der Waals surface area contributed by atoms with Crippen LogP contribution in [0.25, 0.3) is 0 Å². The summed E-state index contributed by atoms with van der Waals surface area (Å²) in [5, 5.41) is 3.29. The Morgan fingerprint density at radius 1 is 1.25 bits per heavy atom. The van der Waals surface area contributed by atoms with E-state index in [2.05, 4.69) is 10.3 Å². The number of nitrogens with zero attached hydrogens (tertiary/aromatic N) is 1. The van der Waals surface area contributed by atoms with Crippen molar-refractivity contribution < 1.29 is 4.39 Å². The second kappa shape index (κ2) is 3.59. The summed E-state index contributed by atoms with van der Waals surface area (Å²) in [6, 6.07) is 8.90. The molecule has 2 heterocycles. The number of anilines is 1. The molecule has 1 atom stereocenters. The monoisotopic (exact) mass is 214 g/mol. The van der Waals surface area contributed by atoms with Crippen LogP contribution < -0.4 is 5.32 Å². The number of halogens is 1. The van der Waals surface area contributed by atoms with Crippen molar-refractivity contribution in [2.45, 2.75) is 12.5 Å². The molecular formula is C13H11FN2. The van der Waals surface area contributed by atoms with Crippen molar-refractivity contribution in [1.82, 2.24) is 4.98 Å². The van der Waals surface area contributed by atoms with Crippen molar-refractivity contribution in [3.63, 3.8) is 0 Å². The van der Waals surface area contributed by atoms with Gasteiger partial charge in [-0.05, 0) is 24.1 Å². The molecule has 2 nitrogen and oxygen atoms in total. The fraction of sp³-hybridized carbons (Fsp3) is 0.154. The summed E-state index contributed by atoms with van der Waals surface area (Å²) in [5.74, 6) is -0.152. The van der Waals surface area contributed by atoms with Crippen LogP contribution in [0.2, 0.25) is 0 Å². The first-order valence-corrected chi connectivity index (χ1v) is 5.28. The second-order valence-electron chi connectivity index (χ2n) is 3.96. The first kappa shape index (κ1) is 9.33. The first-order valence-electron chi connectivity index (χ1n) is 5.28. The van der Waals surface area contributed by atoms with Crippen LogP contribution in [0.4, 0.5) is 10.1 Å². The van der Waals surface area contributed by atoms with E-state index >= 15 is 0 Å². The average Bonchev–Trinajstić information content (AvgIpc) is 2.73. The highest BCUT2D eigenvalue weighted by molar-refractivity contribution is 5.56. The van der Waals surface area contributed by atoms with Crippen LogP contribution in [0.3, 0.4) is 0 Å². The van der Waals surface area contributed by atoms with Crippen molar-refractivity contribution in [1.29, 1.82) is 0 Å². The Bertz CT molecular complexity index is 500. The summed E-state index contributed by atoms with van der Waals surface area (Å²) in [6.07, 6.45) is 4.37. The van der Waals surface area contributed by atoms with E-state index in [9.17, 15) is 4.39 Å². The van der Waals surface area contributed by atoms with E-state index in [-0.39, 0.29) is 11.9 Å². The summed E-state index contributed by atoms with van der Waals surface area (Å²) in [6.45, 7) is 0. The third kappa shape index (κ3) is 1.45. The highest BCUT2D eigenvalue weighted by Crippen LogP contribution is 2.33. The Balaban J connectivity index is 1.95. The molecule has 0 fully saturated rings. The molecule has 1 aromatic carbocycles. The molecule has 0 radical (unpaired) electrons. The predicted octanol–water partition coefficient (Wildman–Crippen LogP) is 2.93. The summed E-state index contributed by atoms with van der Waals surface area (Å²) < 4.78 is 13.6. The van der Waals surface area contributed by atoms with Crippen molar-refractivity contribution >= 4 is 5.69 Å². The van der Waals surface area contributed by atoms with E-state index in [4.69, 9.17) is 0 Å². The number of fused-ring (bicyclic) bond motifs is 1. The predicted molar refractivity (Wildman–Crippen MR) is 60.7 cm³/mol. The van der Waals surface area contributed by atoms with Gasteiger partial charge in [0.05, 0.1) is 17.9 Å². The molecule has 0 amide bonds. The fourth-order valence-electron chi connectivity index (χ4n) is 2.14. The highest BCUT2D eigenvalue weighted by atomic mass is 19.1. The molecule has 16 heavy (non-hydrogen) atoms. The fourth-order valence-corrected chi connectivity index (χ4v) is 2.14. The zero-order valence-electron chi connectivity index (χ0n) is 8.65. The van der Waals surface area contributed by atoms with Crippen LogP contribution in [-0.4, -0.2) is 4.98 Å². The van der Waals surface area contributed by atoms with Gasteiger partial charge in [0.25, 0.3) is 0 Å². The molecule has 1 N–H and O–H groups in total. The number of hydrogen-bond acceptors (Lipinski definition) is 2. The number of nitrogens with one attached hydrogen (secondary N) is 1. The van der Waals surface area contributed by atoms with Crippen LogP contribution in [-0.2, 0) is 6.42 Å². The normalized spacial score (nSPS) is 17.9. The van der Waals surface area contributed by atoms with Crippen LogP contribution in [0.5, 0.6) is 0 Å². The van der Waals surface area contributed by atoms with Crippen LogP contribution in [0, 0.1) is 5.82 Å². The molecule has 1 unspecified atom stereocenters. The van der Waals surface area contributed by atoms with Crippen molar-refractivity contribution in [2.24, 2.45) is 0 Å². The van der Waals surface area contributed by atoms with E-state index in [1.54, 1.807) is 18.5 Å². The average molecular weight is 214 g/mol. The Morgan fingerprint density at radius 2 is 2.12 bits per heavy atom. The lowest BCUT2D eigenvalue weighted by Gasteiger charge is -2.12. The Morgan fingerprint density at radius 3 is 2.94 bits per heavy atom. The van der Waals surface area contributed by atoms with E-state index in [1.165, 1.54) is 11.6 Å². The van der Waals surface area contributed by atoms with Gasteiger partial charge in [0.15, 0.2) is 0 Å². The Labute approximate surface area is 93.1 Å². The maximum Gasteiger partial charge on any atom is 0.128 e. The standard InChI is InChI=1S/C13H11FN2/c14-11-4-2-1-3-10(11)12-7-9-5-6-15-8-13(9)16-12/h1-6,8,12,16H,7H2. The summed E-state index contributed by atoms with van der Waals surface area (Å²) in [4.78, 5) is 4.05. The van der Waals surface area contributed by atoms with Gasteiger partial charge in [-0.2, -0.15) is 0 Å². The first-order chi connectivity index (χ1) is 7.84. The van der Waals surface area contributed by atoms with Gasteiger partial charge < -0.3 is 5.32 Å². The molecule has 0 spiro atoms. The third-order valence-electron chi connectivity index (χ3n) is 2.95. The maximum absolute atomic E-state index is 13.6. The van der Waals surface area contributed by atoms with E-state index in [1.807, 2.05) is 18.2 Å². The van der Waals surface area contributed by atoms with Gasteiger partial charge >= 0.3 is 0 Å². The van der Waals surface area contributed by atoms with Crippen molar-refractivity contribution in [3.05, 3.63) is 59.7 Å². The molecule has 0 saturated heterocycles. The van der Waals surface area contributed by atoms with Crippen molar-refractivity contribution in [3.8, 4) is 0 Å². The number of benzene rings is 1. The molecule has 2 aromatic rings. The van der Waals surface area contributed by atoms with Gasteiger partial charge in [0, 0.05) is 11.8 Å². The number of aromatic nitrogens is 1. The molecule has 3 rings (SSSR count). The molecule has 0 saturated carbocycles. The van der Waals surface area contributed by atoms with Gasteiger partial charge in [-0.15, -0.1) is 0 Å². The molecule has 0 aliphatic carbocycles. The van der Waals surface area contributed by atoms with E-state index in [0.717, 1.165) is 17.7 Å². The minimum Gasteiger partial charge on any atom is -0.376 e. The molecule has 1 aromatic heterocycles. The SMILES string of the molecule is Fc1ccccc1C1Cc2ccncc2N1. The summed E-state index contributed by atoms with van der Waals surface area (Å²) in [7, 11) is 0. The van der Waals surface area contributed by atoms with Gasteiger partial charge in [0.2, 0.25) is 0 Å². The van der Waals surface area contributed by atoms with Gasteiger partial charge in [0.1, 0.15) is 5.82 Å². The quantitative estimate of drug-likeness (QED) is 0.789. The molecule has 0 bridgehead atoms. The zero-order valence-corrected chi connectivity index (χ0v) is 8.65. The highest BCUT2D eigenvalue weighted by Gasteiger charge is 2.23. The van der Waals surface area contributed by atoms with Gasteiger partial charge in [-0.3, -0.25) is 4.98 Å². The number of rotatable bonds is 1. The molecular weight excluding hydrogens is 203 g/mol. The van der Waals surface area contributed by atoms with E-state index < -0.39 is 0 Å². The van der Waals surface area contributed by atoms with Crippen LogP contribution in [0.15, 0.2) is 42.7 Å². The maximum atomic E-state index is 13.6. The topological polar surface area (TPSA) is 24.9 Å². The summed E-state index contributed by atoms with van der Waals surface area (Å²) >= 11 is 0. The van der Waals surface area contributed by atoms with Gasteiger partial charge in [-0.1, -0.05) is 18.2 Å². The van der Waals surface area contributed by atoms with Crippen LogP contribution >= 0.6 is 0 Å². The number of pyridine rings is 1. The minimum absolute atomic E-state index is 0.0281. The summed E-state index contributed by atoms with van der Waals surface area (Å²) in [5.41, 5.74) is 2.93.